The number of fused-ring (bicyclic) bond motifs is 1. The van der Waals surface area contributed by atoms with Gasteiger partial charge in [0.05, 0.1) is 0 Å². The first-order chi connectivity index (χ1) is 14.5. The molecule has 30 heavy (non-hydrogen) atoms. The summed E-state index contributed by atoms with van der Waals surface area (Å²) in [7, 11) is 0. The first-order valence-corrected chi connectivity index (χ1v) is 10.4. The van der Waals surface area contributed by atoms with Crippen molar-refractivity contribution in [3.63, 3.8) is 0 Å². The number of piperidine rings is 1. The van der Waals surface area contributed by atoms with Gasteiger partial charge < -0.3 is 14.8 Å². The maximum atomic E-state index is 13.4. The molecule has 0 aromatic heterocycles. The van der Waals surface area contributed by atoms with Crippen molar-refractivity contribution in [2.45, 2.75) is 32.4 Å². The molecule has 0 radical (unpaired) electrons. The van der Waals surface area contributed by atoms with Crippen molar-refractivity contribution in [2.24, 2.45) is 5.92 Å². The van der Waals surface area contributed by atoms with Crippen LogP contribution in [0.1, 0.15) is 35.7 Å². The van der Waals surface area contributed by atoms with Crippen LogP contribution in [0.3, 0.4) is 0 Å². The number of amides is 1. The second kappa shape index (κ2) is 9.00. The lowest BCUT2D eigenvalue weighted by atomic mass is 9.89. The van der Waals surface area contributed by atoms with Crippen molar-refractivity contribution in [2.75, 3.05) is 26.3 Å². The molecule has 1 saturated heterocycles. The van der Waals surface area contributed by atoms with E-state index in [0.717, 1.165) is 67.7 Å². The van der Waals surface area contributed by atoms with Gasteiger partial charge in [-0.3, -0.25) is 9.69 Å². The highest BCUT2D eigenvalue weighted by Crippen LogP contribution is 2.32. The number of benzene rings is 2. The molecule has 1 amide bonds. The molecule has 4 rings (SSSR count). The van der Waals surface area contributed by atoms with Crippen LogP contribution < -0.4 is 14.8 Å². The zero-order valence-electron chi connectivity index (χ0n) is 17.0. The third kappa shape index (κ3) is 4.73. The van der Waals surface area contributed by atoms with E-state index in [2.05, 4.69) is 23.2 Å². The molecule has 2 aromatic rings. The topological polar surface area (TPSA) is 50.8 Å². The Hall–Kier alpha value is -2.67. The Morgan fingerprint density at radius 2 is 1.83 bits per heavy atom. The average Bonchev–Trinajstić information content (AvgIpc) is 2.74. The van der Waals surface area contributed by atoms with Crippen molar-refractivity contribution >= 4 is 5.91 Å². The SMILES string of the molecule is CC[C@@H]1CN(Cc2ccc3c(c2)OCCO3)CC[C@@H]1NC(=O)c1cc(F)cc(F)c1. The molecule has 2 heterocycles. The van der Waals surface area contributed by atoms with Crippen LogP contribution in [0, 0.1) is 17.6 Å². The normalized spacial score (nSPS) is 21.3. The maximum absolute atomic E-state index is 13.4. The molecular weight excluding hydrogens is 390 g/mol. The quantitative estimate of drug-likeness (QED) is 0.806. The largest absolute Gasteiger partial charge is 0.486 e. The van der Waals surface area contributed by atoms with Crippen LogP contribution in [0.2, 0.25) is 0 Å². The second-order valence-electron chi connectivity index (χ2n) is 7.91. The predicted octanol–water partition coefficient (Wildman–Crippen LogP) is 3.77. The summed E-state index contributed by atoms with van der Waals surface area (Å²) in [5.41, 5.74) is 1.17. The summed E-state index contributed by atoms with van der Waals surface area (Å²) < 4.78 is 38.1. The molecule has 0 spiro atoms. The van der Waals surface area contributed by atoms with E-state index in [9.17, 15) is 13.6 Å². The summed E-state index contributed by atoms with van der Waals surface area (Å²) in [6, 6.07) is 8.91. The first kappa shape index (κ1) is 20.6. The van der Waals surface area contributed by atoms with Gasteiger partial charge in [-0.2, -0.15) is 0 Å². The lowest BCUT2D eigenvalue weighted by Gasteiger charge is -2.38. The molecule has 2 atom stereocenters. The molecule has 0 unspecified atom stereocenters. The van der Waals surface area contributed by atoms with Gasteiger partial charge in [0.2, 0.25) is 0 Å². The van der Waals surface area contributed by atoms with E-state index in [1.807, 2.05) is 12.1 Å². The molecule has 7 heteroatoms. The van der Waals surface area contributed by atoms with Crippen LogP contribution in [-0.2, 0) is 6.54 Å². The Labute approximate surface area is 175 Å². The van der Waals surface area contributed by atoms with Gasteiger partial charge >= 0.3 is 0 Å². The number of likely N-dealkylation sites (tertiary alicyclic amines) is 1. The van der Waals surface area contributed by atoms with Crippen LogP contribution in [0.15, 0.2) is 36.4 Å². The minimum atomic E-state index is -0.749. The molecule has 0 saturated carbocycles. The van der Waals surface area contributed by atoms with Crippen LogP contribution in [-0.4, -0.2) is 43.2 Å². The van der Waals surface area contributed by atoms with Gasteiger partial charge in [-0.05, 0) is 42.2 Å². The molecule has 1 fully saturated rings. The number of hydrogen-bond donors (Lipinski definition) is 1. The lowest BCUT2D eigenvalue weighted by molar-refractivity contribution is 0.0839. The highest BCUT2D eigenvalue weighted by atomic mass is 19.1. The molecule has 2 aliphatic rings. The number of ether oxygens (including phenoxy) is 2. The summed E-state index contributed by atoms with van der Waals surface area (Å²) in [6.07, 6.45) is 1.69. The van der Waals surface area contributed by atoms with E-state index in [1.165, 1.54) is 0 Å². The summed E-state index contributed by atoms with van der Waals surface area (Å²) in [6.45, 7) is 5.70. The van der Waals surface area contributed by atoms with Crippen molar-refractivity contribution in [3.8, 4) is 11.5 Å². The van der Waals surface area contributed by atoms with E-state index in [1.54, 1.807) is 0 Å². The number of carbonyl (C=O) groups excluding carboxylic acids is 1. The lowest BCUT2D eigenvalue weighted by Crippen LogP contribution is -2.50. The van der Waals surface area contributed by atoms with Crippen molar-refractivity contribution in [1.29, 1.82) is 0 Å². The van der Waals surface area contributed by atoms with Gasteiger partial charge in [0.15, 0.2) is 11.5 Å². The molecule has 2 aliphatic heterocycles. The fourth-order valence-electron chi connectivity index (χ4n) is 4.24. The summed E-state index contributed by atoms with van der Waals surface area (Å²) in [5, 5.41) is 2.98. The Kier molecular flexibility index (Phi) is 6.18. The number of halogens is 2. The zero-order valence-corrected chi connectivity index (χ0v) is 17.0. The van der Waals surface area contributed by atoms with Gasteiger partial charge in [0, 0.05) is 37.3 Å². The fourth-order valence-corrected chi connectivity index (χ4v) is 4.24. The minimum Gasteiger partial charge on any atom is -0.486 e. The van der Waals surface area contributed by atoms with Crippen molar-refractivity contribution < 1.29 is 23.0 Å². The van der Waals surface area contributed by atoms with Crippen molar-refractivity contribution in [1.82, 2.24) is 10.2 Å². The highest BCUT2D eigenvalue weighted by molar-refractivity contribution is 5.94. The van der Waals surface area contributed by atoms with Crippen LogP contribution >= 0.6 is 0 Å². The number of rotatable bonds is 5. The third-order valence-corrected chi connectivity index (χ3v) is 5.80. The summed E-state index contributed by atoms with van der Waals surface area (Å²) in [4.78, 5) is 14.9. The zero-order chi connectivity index (χ0) is 21.1. The number of nitrogens with one attached hydrogen (secondary N) is 1. The second-order valence-corrected chi connectivity index (χ2v) is 7.91. The van der Waals surface area contributed by atoms with E-state index < -0.39 is 17.5 Å². The monoisotopic (exact) mass is 416 g/mol. The maximum Gasteiger partial charge on any atom is 0.251 e. The molecule has 0 bridgehead atoms. The Balaban J connectivity index is 1.37. The molecule has 1 N–H and O–H groups in total. The van der Waals surface area contributed by atoms with Crippen LogP contribution in [0.5, 0.6) is 11.5 Å². The van der Waals surface area contributed by atoms with Crippen LogP contribution in [0.4, 0.5) is 8.78 Å². The van der Waals surface area contributed by atoms with Crippen LogP contribution in [0.25, 0.3) is 0 Å². The Morgan fingerprint density at radius 3 is 2.57 bits per heavy atom. The van der Waals surface area contributed by atoms with Gasteiger partial charge in [0.1, 0.15) is 24.8 Å². The molecule has 2 aromatic carbocycles. The van der Waals surface area contributed by atoms with Gasteiger partial charge in [0.25, 0.3) is 5.91 Å². The summed E-state index contributed by atoms with van der Waals surface area (Å²) >= 11 is 0. The molecular formula is C23H26F2N2O3. The van der Waals surface area contributed by atoms with Gasteiger partial charge in [-0.1, -0.05) is 19.4 Å². The standard InChI is InChI=1S/C23H26F2N2O3/c1-2-16-14-27(13-15-3-4-21-22(9-15)30-8-7-29-21)6-5-20(16)26-23(28)17-10-18(24)12-19(25)11-17/h3-4,9-12,16,20H,2,5-8,13-14H2,1H3,(H,26,28)/t16-,20+/m1/s1. The minimum absolute atomic E-state index is 0.0149. The Morgan fingerprint density at radius 1 is 1.10 bits per heavy atom. The van der Waals surface area contributed by atoms with Gasteiger partial charge in [-0.25, -0.2) is 8.78 Å². The number of carbonyl (C=O) groups is 1. The van der Waals surface area contributed by atoms with E-state index in [4.69, 9.17) is 9.47 Å². The summed E-state index contributed by atoms with van der Waals surface area (Å²) in [5.74, 6) is -0.0970. The van der Waals surface area contributed by atoms with E-state index in [0.29, 0.717) is 13.2 Å². The van der Waals surface area contributed by atoms with E-state index in [-0.39, 0.29) is 17.5 Å². The van der Waals surface area contributed by atoms with Crippen molar-refractivity contribution in [3.05, 3.63) is 59.2 Å². The number of hydrogen-bond acceptors (Lipinski definition) is 4. The molecule has 160 valence electrons. The molecule has 0 aliphatic carbocycles. The highest BCUT2D eigenvalue weighted by Gasteiger charge is 2.29. The third-order valence-electron chi connectivity index (χ3n) is 5.80. The smallest absolute Gasteiger partial charge is 0.251 e. The first-order valence-electron chi connectivity index (χ1n) is 10.4. The van der Waals surface area contributed by atoms with Gasteiger partial charge in [-0.15, -0.1) is 0 Å². The predicted molar refractivity (Wildman–Crippen MR) is 109 cm³/mol. The Bertz CT molecular complexity index is 901. The van der Waals surface area contributed by atoms with E-state index >= 15 is 0 Å². The molecule has 5 nitrogen and oxygen atoms in total. The number of nitrogens with zero attached hydrogens (tertiary/aromatic N) is 1. The average molecular weight is 416 g/mol. The fraction of sp³-hybridized carbons (Fsp3) is 0.435.